The van der Waals surface area contributed by atoms with Crippen LogP contribution in [-0.4, -0.2) is 57.8 Å². The molecule has 6 nitrogen and oxygen atoms in total. The fraction of sp³-hybridized carbons (Fsp3) is 0.304. The molecule has 3 heterocycles. The maximum Gasteiger partial charge on any atom is 0.253 e. The molecule has 0 spiro atoms. The minimum absolute atomic E-state index is 0.0317. The number of carbonyl (C=O) groups excluding carboxylic acids is 2. The van der Waals surface area contributed by atoms with Gasteiger partial charge in [-0.1, -0.05) is 25.1 Å². The van der Waals surface area contributed by atoms with Crippen molar-refractivity contribution in [2.45, 2.75) is 19.8 Å². The third kappa shape index (κ3) is 4.57. The van der Waals surface area contributed by atoms with Gasteiger partial charge in [0.25, 0.3) is 5.91 Å². The highest BCUT2D eigenvalue weighted by Gasteiger charge is 2.25. The lowest BCUT2D eigenvalue weighted by Gasteiger charge is -2.34. The van der Waals surface area contributed by atoms with Gasteiger partial charge in [0.15, 0.2) is 0 Å². The fourth-order valence-corrected chi connectivity index (χ4v) is 4.28. The van der Waals surface area contributed by atoms with Crippen LogP contribution in [0.4, 0.5) is 0 Å². The fourth-order valence-electron chi connectivity index (χ4n) is 3.49. The van der Waals surface area contributed by atoms with Crippen molar-refractivity contribution in [1.29, 1.82) is 0 Å². The van der Waals surface area contributed by atoms with Crippen molar-refractivity contribution in [1.82, 2.24) is 19.8 Å². The number of hydrogen-bond donors (Lipinski definition) is 0. The number of benzene rings is 1. The molecule has 3 aromatic rings. The van der Waals surface area contributed by atoms with Crippen LogP contribution in [0.1, 0.15) is 28.5 Å². The largest absolute Gasteiger partial charge is 0.339 e. The topological polar surface area (TPSA) is 66.4 Å². The van der Waals surface area contributed by atoms with Gasteiger partial charge in [-0.3, -0.25) is 14.6 Å². The molecule has 1 fully saturated rings. The first-order valence-corrected chi connectivity index (χ1v) is 11.0. The Morgan fingerprint density at radius 3 is 2.40 bits per heavy atom. The predicted octanol–water partition coefficient (Wildman–Crippen LogP) is 3.29. The zero-order valence-electron chi connectivity index (χ0n) is 17.0. The number of aromatic nitrogens is 2. The zero-order valence-corrected chi connectivity index (χ0v) is 17.8. The lowest BCUT2D eigenvalue weighted by atomic mass is 10.1. The van der Waals surface area contributed by atoms with Crippen molar-refractivity contribution in [2.24, 2.45) is 0 Å². The maximum atomic E-state index is 12.7. The predicted molar refractivity (Wildman–Crippen MR) is 117 cm³/mol. The molecular weight excluding hydrogens is 396 g/mol. The van der Waals surface area contributed by atoms with Gasteiger partial charge in [0, 0.05) is 43.3 Å². The number of nitrogens with zero attached hydrogens (tertiary/aromatic N) is 4. The number of rotatable bonds is 5. The first kappa shape index (κ1) is 20.2. The van der Waals surface area contributed by atoms with E-state index in [0.29, 0.717) is 31.7 Å². The van der Waals surface area contributed by atoms with E-state index >= 15 is 0 Å². The molecular formula is C23H24N4O2S. The summed E-state index contributed by atoms with van der Waals surface area (Å²) in [5.41, 5.74) is 3.51. The Balaban J connectivity index is 1.31. The highest BCUT2D eigenvalue weighted by Crippen LogP contribution is 2.22. The number of pyridine rings is 1. The summed E-state index contributed by atoms with van der Waals surface area (Å²) < 4.78 is 0. The maximum absolute atomic E-state index is 12.7. The quantitative estimate of drug-likeness (QED) is 0.635. The molecule has 1 aromatic carbocycles. The summed E-state index contributed by atoms with van der Waals surface area (Å²) >= 11 is 1.50. The summed E-state index contributed by atoms with van der Waals surface area (Å²) in [4.78, 5) is 37.9. The lowest BCUT2D eigenvalue weighted by molar-refractivity contribution is -0.132. The van der Waals surface area contributed by atoms with Gasteiger partial charge in [0.2, 0.25) is 5.91 Å². The number of hydrogen-bond acceptors (Lipinski definition) is 5. The van der Waals surface area contributed by atoms with Crippen LogP contribution in [-0.2, 0) is 17.6 Å². The van der Waals surface area contributed by atoms with Gasteiger partial charge in [-0.15, -0.1) is 11.3 Å². The van der Waals surface area contributed by atoms with Crippen LogP contribution in [0.15, 0.2) is 54.0 Å². The van der Waals surface area contributed by atoms with Crippen LogP contribution in [0, 0.1) is 0 Å². The molecule has 0 aliphatic carbocycles. The van der Waals surface area contributed by atoms with Crippen molar-refractivity contribution in [3.05, 3.63) is 70.9 Å². The van der Waals surface area contributed by atoms with E-state index in [1.807, 2.05) is 57.6 Å². The normalized spacial score (nSPS) is 14.0. The van der Waals surface area contributed by atoms with E-state index in [-0.39, 0.29) is 18.2 Å². The average molecular weight is 421 g/mol. The van der Waals surface area contributed by atoms with Crippen LogP contribution >= 0.6 is 11.3 Å². The summed E-state index contributed by atoms with van der Waals surface area (Å²) in [6.45, 7) is 4.30. The molecule has 30 heavy (non-hydrogen) atoms. The minimum atomic E-state index is 0.0317. The van der Waals surface area contributed by atoms with Crippen LogP contribution in [0.5, 0.6) is 0 Å². The molecule has 0 N–H and O–H groups in total. The van der Waals surface area contributed by atoms with E-state index in [2.05, 4.69) is 16.9 Å². The Morgan fingerprint density at radius 1 is 1.00 bits per heavy atom. The van der Waals surface area contributed by atoms with Gasteiger partial charge in [-0.25, -0.2) is 4.98 Å². The molecule has 1 aliphatic heterocycles. The van der Waals surface area contributed by atoms with Gasteiger partial charge in [-0.05, 0) is 36.2 Å². The Hall–Kier alpha value is -3.06. The van der Waals surface area contributed by atoms with Crippen LogP contribution < -0.4 is 0 Å². The molecule has 0 bridgehead atoms. The molecule has 2 amide bonds. The highest BCUT2D eigenvalue weighted by atomic mass is 32.1. The van der Waals surface area contributed by atoms with Crippen molar-refractivity contribution in [2.75, 3.05) is 26.2 Å². The number of amides is 2. The summed E-state index contributed by atoms with van der Waals surface area (Å²) in [6, 6.07) is 13.5. The second-order valence-electron chi connectivity index (χ2n) is 7.26. The Kier molecular flexibility index (Phi) is 6.18. The van der Waals surface area contributed by atoms with Crippen molar-refractivity contribution >= 4 is 23.2 Å². The van der Waals surface area contributed by atoms with Crippen LogP contribution in [0.25, 0.3) is 10.7 Å². The van der Waals surface area contributed by atoms with Gasteiger partial charge >= 0.3 is 0 Å². The number of piperazine rings is 1. The van der Waals surface area contributed by atoms with E-state index in [9.17, 15) is 9.59 Å². The lowest BCUT2D eigenvalue weighted by Crippen LogP contribution is -2.51. The second kappa shape index (κ2) is 9.17. The first-order chi connectivity index (χ1) is 14.6. The highest BCUT2D eigenvalue weighted by molar-refractivity contribution is 7.13. The third-order valence-electron chi connectivity index (χ3n) is 5.30. The van der Waals surface area contributed by atoms with Crippen LogP contribution in [0.3, 0.4) is 0 Å². The molecule has 0 saturated carbocycles. The van der Waals surface area contributed by atoms with E-state index < -0.39 is 0 Å². The number of thiazole rings is 1. The smallest absolute Gasteiger partial charge is 0.253 e. The average Bonchev–Trinajstić information content (AvgIpc) is 3.28. The third-order valence-corrected chi connectivity index (χ3v) is 6.21. The van der Waals surface area contributed by atoms with Crippen molar-refractivity contribution < 1.29 is 9.59 Å². The van der Waals surface area contributed by atoms with E-state index in [0.717, 1.165) is 22.8 Å². The molecule has 1 saturated heterocycles. The van der Waals surface area contributed by atoms with Crippen molar-refractivity contribution in [3.8, 4) is 10.7 Å². The number of aryl methyl sites for hydroxylation is 1. The summed E-state index contributed by atoms with van der Waals surface area (Å²) in [6.07, 6.45) is 2.97. The molecule has 1 aliphatic rings. The molecule has 4 rings (SSSR count). The summed E-state index contributed by atoms with van der Waals surface area (Å²) in [5.74, 6) is 0.0801. The SMILES string of the molecule is CCc1ccc(C(=O)N2CCN(C(=O)Cc3csc(-c4ccccn4)n3)CC2)cc1. The van der Waals surface area contributed by atoms with E-state index in [1.165, 1.54) is 16.9 Å². The summed E-state index contributed by atoms with van der Waals surface area (Å²) in [7, 11) is 0. The van der Waals surface area contributed by atoms with E-state index in [4.69, 9.17) is 0 Å². The van der Waals surface area contributed by atoms with Gasteiger partial charge in [0.05, 0.1) is 17.8 Å². The Bertz CT molecular complexity index is 1010. The minimum Gasteiger partial charge on any atom is -0.339 e. The summed E-state index contributed by atoms with van der Waals surface area (Å²) in [5, 5.41) is 2.74. The Morgan fingerprint density at radius 2 is 1.73 bits per heavy atom. The van der Waals surface area contributed by atoms with Gasteiger partial charge in [-0.2, -0.15) is 0 Å². The molecule has 0 radical (unpaired) electrons. The van der Waals surface area contributed by atoms with Gasteiger partial charge < -0.3 is 9.80 Å². The van der Waals surface area contributed by atoms with E-state index in [1.54, 1.807) is 6.20 Å². The van der Waals surface area contributed by atoms with Crippen molar-refractivity contribution in [3.63, 3.8) is 0 Å². The Labute approximate surface area is 180 Å². The zero-order chi connectivity index (χ0) is 20.9. The second-order valence-corrected chi connectivity index (χ2v) is 8.12. The molecule has 154 valence electrons. The molecule has 7 heteroatoms. The molecule has 2 aromatic heterocycles. The molecule has 0 atom stereocenters. The molecule has 0 unspecified atom stereocenters. The number of carbonyl (C=O) groups is 2. The standard InChI is InChI=1S/C23H24N4O2S/c1-2-17-6-8-18(9-7-17)23(29)27-13-11-26(12-14-27)21(28)15-19-16-30-22(25-19)20-5-3-4-10-24-20/h3-10,16H,2,11-15H2,1H3. The van der Waals surface area contributed by atoms with Gasteiger partial charge in [0.1, 0.15) is 5.01 Å². The monoisotopic (exact) mass is 420 g/mol. The first-order valence-electron chi connectivity index (χ1n) is 10.2. The van der Waals surface area contributed by atoms with Crippen LogP contribution in [0.2, 0.25) is 0 Å².